The third kappa shape index (κ3) is 2.47. The highest BCUT2D eigenvalue weighted by molar-refractivity contribution is 5.69. The lowest BCUT2D eigenvalue weighted by molar-refractivity contribution is -0.145. The summed E-state index contributed by atoms with van der Waals surface area (Å²) in [6.45, 7) is 3.53. The molecule has 82 valence electrons. The second kappa shape index (κ2) is 4.78. The lowest BCUT2D eigenvalue weighted by Crippen LogP contribution is -2.35. The van der Waals surface area contributed by atoms with Crippen molar-refractivity contribution < 1.29 is 15.0 Å². The Balaban J connectivity index is 2.67. The van der Waals surface area contributed by atoms with Crippen LogP contribution >= 0.6 is 0 Å². The lowest BCUT2D eigenvalue weighted by Gasteiger charge is -2.35. The fourth-order valence-electron chi connectivity index (χ4n) is 2.59. The minimum Gasteiger partial charge on any atom is -0.481 e. The Hall–Kier alpha value is -0.570. The molecule has 0 saturated heterocycles. The summed E-state index contributed by atoms with van der Waals surface area (Å²) in [5.74, 6) is -0.728. The van der Waals surface area contributed by atoms with Crippen LogP contribution in [0.25, 0.3) is 0 Å². The van der Waals surface area contributed by atoms with Crippen LogP contribution in [0.15, 0.2) is 0 Å². The number of hydrogen-bond acceptors (Lipinski definition) is 2. The molecule has 3 nitrogen and oxygen atoms in total. The second-order valence-electron chi connectivity index (χ2n) is 4.48. The highest BCUT2D eigenvalue weighted by Crippen LogP contribution is 2.37. The van der Waals surface area contributed by atoms with Gasteiger partial charge in [-0.2, -0.15) is 0 Å². The van der Waals surface area contributed by atoms with Gasteiger partial charge in [0.2, 0.25) is 0 Å². The molecule has 1 aliphatic rings. The highest BCUT2D eigenvalue weighted by Gasteiger charge is 2.35. The van der Waals surface area contributed by atoms with Gasteiger partial charge in [-0.25, -0.2) is 0 Å². The molecule has 0 aliphatic heterocycles. The van der Waals surface area contributed by atoms with E-state index in [0.29, 0.717) is 0 Å². The summed E-state index contributed by atoms with van der Waals surface area (Å²) in [5, 5.41) is 18.5. The Bertz CT molecular complexity index is 201. The van der Waals surface area contributed by atoms with E-state index in [-0.39, 0.29) is 23.9 Å². The molecule has 3 heteroatoms. The largest absolute Gasteiger partial charge is 0.481 e. The quantitative estimate of drug-likeness (QED) is 0.731. The van der Waals surface area contributed by atoms with E-state index in [1.165, 1.54) is 0 Å². The van der Waals surface area contributed by atoms with Crippen LogP contribution in [0.5, 0.6) is 0 Å². The number of carbonyl (C=O) groups is 1. The minimum absolute atomic E-state index is 0.154. The van der Waals surface area contributed by atoms with E-state index in [1.54, 1.807) is 13.8 Å². The molecule has 1 fully saturated rings. The average Bonchev–Trinajstić information content (AvgIpc) is 2.16. The Morgan fingerprint density at radius 2 is 1.71 bits per heavy atom. The fourth-order valence-corrected chi connectivity index (χ4v) is 2.59. The summed E-state index contributed by atoms with van der Waals surface area (Å²) >= 11 is 0. The molecule has 0 aromatic rings. The number of hydrogen-bond donors (Lipinski definition) is 2. The number of aliphatic hydroxyl groups is 1. The van der Waals surface area contributed by atoms with Gasteiger partial charge in [-0.15, -0.1) is 0 Å². The maximum absolute atomic E-state index is 10.9. The van der Waals surface area contributed by atoms with Crippen molar-refractivity contribution in [3.63, 3.8) is 0 Å². The SMILES string of the molecule is CC(O)C1CCCCC1C(C)C(=O)O. The number of carboxylic acid groups (broad SMARTS) is 1. The summed E-state index contributed by atoms with van der Waals surface area (Å²) in [5.41, 5.74) is 0. The van der Waals surface area contributed by atoms with Crippen molar-refractivity contribution in [2.24, 2.45) is 17.8 Å². The molecule has 1 rings (SSSR count). The van der Waals surface area contributed by atoms with Crippen molar-refractivity contribution in [3.8, 4) is 0 Å². The first-order valence-corrected chi connectivity index (χ1v) is 5.45. The summed E-state index contributed by atoms with van der Waals surface area (Å²) in [6, 6.07) is 0. The molecule has 4 unspecified atom stereocenters. The predicted octanol–water partition coefficient (Wildman–Crippen LogP) is 1.89. The van der Waals surface area contributed by atoms with Crippen LogP contribution in [0.3, 0.4) is 0 Å². The predicted molar refractivity (Wildman–Crippen MR) is 53.9 cm³/mol. The van der Waals surface area contributed by atoms with Gasteiger partial charge >= 0.3 is 5.97 Å². The molecular formula is C11H20O3. The first-order valence-electron chi connectivity index (χ1n) is 5.45. The van der Waals surface area contributed by atoms with Crippen molar-refractivity contribution in [1.82, 2.24) is 0 Å². The Morgan fingerprint density at radius 3 is 2.14 bits per heavy atom. The topological polar surface area (TPSA) is 57.5 Å². The van der Waals surface area contributed by atoms with Crippen LogP contribution in [0.4, 0.5) is 0 Å². The maximum atomic E-state index is 10.9. The monoisotopic (exact) mass is 200 g/mol. The maximum Gasteiger partial charge on any atom is 0.306 e. The number of aliphatic carboxylic acids is 1. The normalized spacial score (nSPS) is 32.2. The molecule has 2 N–H and O–H groups in total. The molecule has 0 amide bonds. The van der Waals surface area contributed by atoms with Gasteiger partial charge < -0.3 is 10.2 Å². The van der Waals surface area contributed by atoms with E-state index < -0.39 is 5.97 Å². The molecule has 0 aromatic carbocycles. The van der Waals surface area contributed by atoms with Gasteiger partial charge in [0.15, 0.2) is 0 Å². The van der Waals surface area contributed by atoms with E-state index >= 15 is 0 Å². The molecule has 0 spiro atoms. The van der Waals surface area contributed by atoms with Crippen molar-refractivity contribution in [3.05, 3.63) is 0 Å². The van der Waals surface area contributed by atoms with Gasteiger partial charge in [0.1, 0.15) is 0 Å². The molecule has 0 radical (unpaired) electrons. The lowest BCUT2D eigenvalue weighted by atomic mass is 9.71. The number of aliphatic hydroxyl groups excluding tert-OH is 1. The van der Waals surface area contributed by atoms with Crippen LogP contribution in [0.2, 0.25) is 0 Å². The second-order valence-corrected chi connectivity index (χ2v) is 4.48. The molecule has 1 saturated carbocycles. The molecule has 0 heterocycles. The van der Waals surface area contributed by atoms with Crippen LogP contribution in [0, 0.1) is 17.8 Å². The summed E-state index contributed by atoms with van der Waals surface area (Å²) in [6.07, 6.45) is 3.77. The van der Waals surface area contributed by atoms with Gasteiger partial charge in [-0.1, -0.05) is 19.8 Å². The average molecular weight is 200 g/mol. The van der Waals surface area contributed by atoms with E-state index in [2.05, 4.69) is 0 Å². The Labute approximate surface area is 85.1 Å². The zero-order valence-electron chi connectivity index (χ0n) is 8.94. The summed E-state index contributed by atoms with van der Waals surface area (Å²) in [7, 11) is 0. The van der Waals surface area contributed by atoms with Crippen LogP contribution in [0.1, 0.15) is 39.5 Å². The number of rotatable bonds is 3. The summed E-state index contributed by atoms with van der Waals surface area (Å²) in [4.78, 5) is 10.9. The van der Waals surface area contributed by atoms with Gasteiger partial charge in [0, 0.05) is 0 Å². The fraction of sp³-hybridized carbons (Fsp3) is 0.909. The Morgan fingerprint density at radius 1 is 1.21 bits per heavy atom. The van der Waals surface area contributed by atoms with Gasteiger partial charge in [0.25, 0.3) is 0 Å². The molecule has 1 aliphatic carbocycles. The van der Waals surface area contributed by atoms with E-state index in [0.717, 1.165) is 25.7 Å². The van der Waals surface area contributed by atoms with Gasteiger partial charge in [-0.05, 0) is 31.6 Å². The molecule has 0 aromatic heterocycles. The van der Waals surface area contributed by atoms with Crippen LogP contribution in [-0.4, -0.2) is 22.3 Å². The smallest absolute Gasteiger partial charge is 0.306 e. The van der Waals surface area contributed by atoms with E-state index in [1.807, 2.05) is 0 Å². The standard InChI is InChI=1S/C11H20O3/c1-7(11(13)14)9-5-3-4-6-10(9)8(2)12/h7-10,12H,3-6H2,1-2H3,(H,13,14). The zero-order chi connectivity index (χ0) is 10.7. The first-order chi connectivity index (χ1) is 6.54. The summed E-state index contributed by atoms with van der Waals surface area (Å²) < 4.78 is 0. The Kier molecular flexibility index (Phi) is 3.93. The third-order valence-corrected chi connectivity index (χ3v) is 3.53. The molecule has 14 heavy (non-hydrogen) atoms. The molecular weight excluding hydrogens is 180 g/mol. The molecule has 4 atom stereocenters. The highest BCUT2D eigenvalue weighted by atomic mass is 16.4. The van der Waals surface area contributed by atoms with Crippen LogP contribution < -0.4 is 0 Å². The zero-order valence-corrected chi connectivity index (χ0v) is 8.94. The van der Waals surface area contributed by atoms with Gasteiger partial charge in [0.05, 0.1) is 12.0 Å². The van der Waals surface area contributed by atoms with Gasteiger partial charge in [-0.3, -0.25) is 4.79 Å². The van der Waals surface area contributed by atoms with Crippen LogP contribution in [-0.2, 0) is 4.79 Å². The first kappa shape index (κ1) is 11.5. The van der Waals surface area contributed by atoms with E-state index in [4.69, 9.17) is 5.11 Å². The third-order valence-electron chi connectivity index (χ3n) is 3.53. The minimum atomic E-state index is -0.734. The van der Waals surface area contributed by atoms with E-state index in [9.17, 15) is 9.90 Å². The van der Waals surface area contributed by atoms with Crippen molar-refractivity contribution in [2.75, 3.05) is 0 Å². The van der Waals surface area contributed by atoms with Crippen molar-refractivity contribution in [2.45, 2.75) is 45.6 Å². The van der Waals surface area contributed by atoms with Crippen molar-refractivity contribution in [1.29, 1.82) is 0 Å². The van der Waals surface area contributed by atoms with Crippen molar-refractivity contribution >= 4 is 5.97 Å². The number of carboxylic acids is 1. The molecule has 0 bridgehead atoms.